The summed E-state index contributed by atoms with van der Waals surface area (Å²) in [7, 11) is 0. The molecule has 1 aliphatic carbocycles. The average molecular weight is 404 g/mol. The summed E-state index contributed by atoms with van der Waals surface area (Å²) in [6.07, 6.45) is 0.273. The standard InChI is InChI=1S/C20H37NO7/c1-5-7-9-27-19(25)15-11-17(21(13(3)22)14(4)23)18(24)12-16(15)20(26)28-10-8-6-2/h13-18,22-24H,5-12H2,1-4H3. The molecule has 0 aromatic rings. The number of nitrogens with zero attached hydrogens (tertiary/aromatic N) is 1. The first-order chi connectivity index (χ1) is 13.2. The van der Waals surface area contributed by atoms with Gasteiger partial charge in [-0.15, -0.1) is 0 Å². The van der Waals surface area contributed by atoms with Gasteiger partial charge in [-0.1, -0.05) is 26.7 Å². The molecule has 0 radical (unpaired) electrons. The van der Waals surface area contributed by atoms with Gasteiger partial charge in [-0.3, -0.25) is 9.59 Å². The van der Waals surface area contributed by atoms with Crippen molar-refractivity contribution in [3.8, 4) is 0 Å². The molecule has 1 fully saturated rings. The zero-order valence-corrected chi connectivity index (χ0v) is 17.5. The maximum Gasteiger partial charge on any atom is 0.309 e. The van der Waals surface area contributed by atoms with E-state index in [1.807, 2.05) is 13.8 Å². The number of carbonyl (C=O) groups is 2. The topological polar surface area (TPSA) is 117 Å². The van der Waals surface area contributed by atoms with Gasteiger partial charge in [0.15, 0.2) is 0 Å². The number of unbranched alkanes of at least 4 members (excludes halogenated alkanes) is 2. The van der Waals surface area contributed by atoms with Crippen molar-refractivity contribution in [3.05, 3.63) is 0 Å². The molecule has 0 saturated heterocycles. The molecule has 0 aromatic heterocycles. The minimum atomic E-state index is -1.02. The lowest BCUT2D eigenvalue weighted by atomic mass is 9.74. The van der Waals surface area contributed by atoms with E-state index in [1.165, 1.54) is 18.7 Å². The fraction of sp³-hybridized carbons (Fsp3) is 0.900. The highest BCUT2D eigenvalue weighted by atomic mass is 16.5. The second-order valence-corrected chi connectivity index (χ2v) is 7.57. The van der Waals surface area contributed by atoms with E-state index in [0.717, 1.165) is 25.7 Å². The van der Waals surface area contributed by atoms with Crippen molar-refractivity contribution in [2.45, 2.75) is 90.8 Å². The first-order valence-corrected chi connectivity index (χ1v) is 10.4. The summed E-state index contributed by atoms with van der Waals surface area (Å²) in [6, 6.07) is -0.677. The van der Waals surface area contributed by atoms with Crippen LogP contribution in [0.4, 0.5) is 0 Å². The van der Waals surface area contributed by atoms with Gasteiger partial charge in [0, 0.05) is 6.04 Å². The third kappa shape index (κ3) is 6.99. The van der Waals surface area contributed by atoms with E-state index in [-0.39, 0.29) is 26.1 Å². The molecule has 28 heavy (non-hydrogen) atoms. The van der Waals surface area contributed by atoms with Gasteiger partial charge in [0.05, 0.1) is 31.2 Å². The molecule has 8 nitrogen and oxygen atoms in total. The molecule has 3 N–H and O–H groups in total. The Bertz CT molecular complexity index is 475. The van der Waals surface area contributed by atoms with E-state index in [1.54, 1.807) is 0 Å². The zero-order chi connectivity index (χ0) is 21.3. The van der Waals surface area contributed by atoms with Gasteiger partial charge < -0.3 is 24.8 Å². The molecular formula is C20H37NO7. The molecule has 8 heteroatoms. The minimum absolute atomic E-state index is 0.0130. The smallest absolute Gasteiger partial charge is 0.309 e. The maximum absolute atomic E-state index is 12.7. The number of carbonyl (C=O) groups excluding carboxylic acids is 2. The van der Waals surface area contributed by atoms with E-state index in [9.17, 15) is 24.9 Å². The van der Waals surface area contributed by atoms with Crippen molar-refractivity contribution in [3.63, 3.8) is 0 Å². The number of aliphatic hydroxyl groups excluding tert-OH is 3. The lowest BCUT2D eigenvalue weighted by Crippen LogP contribution is -2.57. The Morgan fingerprint density at radius 3 is 1.75 bits per heavy atom. The highest BCUT2D eigenvalue weighted by molar-refractivity contribution is 5.82. The number of rotatable bonds is 11. The minimum Gasteiger partial charge on any atom is -0.465 e. The van der Waals surface area contributed by atoms with Gasteiger partial charge >= 0.3 is 11.9 Å². The van der Waals surface area contributed by atoms with Crippen LogP contribution in [0.3, 0.4) is 0 Å². The van der Waals surface area contributed by atoms with Crippen LogP contribution in [0.1, 0.15) is 66.2 Å². The van der Waals surface area contributed by atoms with Gasteiger partial charge in [0.1, 0.15) is 12.5 Å². The molecule has 0 aliphatic heterocycles. The van der Waals surface area contributed by atoms with Crippen molar-refractivity contribution in [2.75, 3.05) is 13.2 Å². The highest BCUT2D eigenvalue weighted by Gasteiger charge is 2.47. The summed E-state index contributed by atoms with van der Waals surface area (Å²) in [5.41, 5.74) is 0. The third-order valence-electron chi connectivity index (χ3n) is 5.26. The van der Waals surface area contributed by atoms with Gasteiger partial charge in [0.25, 0.3) is 0 Å². The van der Waals surface area contributed by atoms with Crippen LogP contribution in [0.5, 0.6) is 0 Å². The van der Waals surface area contributed by atoms with E-state index in [2.05, 4.69) is 0 Å². The molecular weight excluding hydrogens is 366 g/mol. The molecule has 1 aliphatic rings. The Morgan fingerprint density at radius 1 is 0.929 bits per heavy atom. The number of esters is 2. The second-order valence-electron chi connectivity index (χ2n) is 7.57. The van der Waals surface area contributed by atoms with Crippen LogP contribution in [0.25, 0.3) is 0 Å². The van der Waals surface area contributed by atoms with Crippen LogP contribution < -0.4 is 0 Å². The largest absolute Gasteiger partial charge is 0.465 e. The van der Waals surface area contributed by atoms with Crippen molar-refractivity contribution < 1.29 is 34.4 Å². The Morgan fingerprint density at radius 2 is 1.36 bits per heavy atom. The molecule has 0 aromatic carbocycles. The van der Waals surface area contributed by atoms with Crippen molar-refractivity contribution in [1.82, 2.24) is 4.90 Å². The van der Waals surface area contributed by atoms with Crippen molar-refractivity contribution in [2.24, 2.45) is 11.8 Å². The SMILES string of the molecule is CCCCOC(=O)C1CC(O)C(N(C(C)O)C(C)O)CC1C(=O)OCCCC. The first kappa shape index (κ1) is 24.8. The lowest BCUT2D eigenvalue weighted by Gasteiger charge is -2.44. The highest BCUT2D eigenvalue weighted by Crippen LogP contribution is 2.36. The summed E-state index contributed by atoms with van der Waals surface area (Å²) in [5.74, 6) is -2.61. The van der Waals surface area contributed by atoms with Crippen LogP contribution in [-0.2, 0) is 19.1 Å². The van der Waals surface area contributed by atoms with Crippen LogP contribution in [0.15, 0.2) is 0 Å². The maximum atomic E-state index is 12.7. The summed E-state index contributed by atoms with van der Waals surface area (Å²) >= 11 is 0. The molecule has 0 amide bonds. The number of hydrogen-bond acceptors (Lipinski definition) is 8. The third-order valence-corrected chi connectivity index (χ3v) is 5.26. The van der Waals surface area contributed by atoms with Gasteiger partial charge in [-0.25, -0.2) is 4.90 Å². The number of aliphatic hydroxyl groups is 3. The molecule has 0 spiro atoms. The number of ether oxygens (including phenoxy) is 2. The molecule has 1 saturated carbocycles. The van der Waals surface area contributed by atoms with Crippen LogP contribution >= 0.6 is 0 Å². The molecule has 0 bridgehead atoms. The Kier molecular flexibility index (Phi) is 11.0. The Labute approximate surface area is 167 Å². The fourth-order valence-electron chi connectivity index (χ4n) is 3.72. The quantitative estimate of drug-likeness (QED) is 0.269. The summed E-state index contributed by atoms with van der Waals surface area (Å²) in [5, 5.41) is 30.7. The predicted octanol–water partition coefficient (Wildman–Crippen LogP) is 1.41. The molecule has 6 atom stereocenters. The van der Waals surface area contributed by atoms with E-state index in [0.29, 0.717) is 0 Å². The van der Waals surface area contributed by atoms with Gasteiger partial charge in [-0.05, 0) is 39.5 Å². The van der Waals surface area contributed by atoms with Crippen LogP contribution in [-0.4, -0.2) is 70.0 Å². The number of hydrogen-bond donors (Lipinski definition) is 3. The normalized spacial score (nSPS) is 27.3. The first-order valence-electron chi connectivity index (χ1n) is 10.4. The summed E-state index contributed by atoms with van der Waals surface area (Å²) < 4.78 is 10.6. The van der Waals surface area contributed by atoms with Crippen molar-refractivity contribution in [1.29, 1.82) is 0 Å². The lowest BCUT2D eigenvalue weighted by molar-refractivity contribution is -0.179. The van der Waals surface area contributed by atoms with Crippen LogP contribution in [0.2, 0.25) is 0 Å². The molecule has 6 unspecified atom stereocenters. The predicted molar refractivity (Wildman–Crippen MR) is 103 cm³/mol. The Balaban J connectivity index is 2.99. The van der Waals surface area contributed by atoms with E-state index < -0.39 is 48.4 Å². The van der Waals surface area contributed by atoms with Gasteiger partial charge in [-0.2, -0.15) is 0 Å². The average Bonchev–Trinajstić information content (AvgIpc) is 2.62. The fourth-order valence-corrected chi connectivity index (χ4v) is 3.72. The van der Waals surface area contributed by atoms with Gasteiger partial charge in [0.2, 0.25) is 0 Å². The Hall–Kier alpha value is -1.22. The molecule has 164 valence electrons. The second kappa shape index (κ2) is 12.4. The van der Waals surface area contributed by atoms with Crippen LogP contribution in [0, 0.1) is 11.8 Å². The van der Waals surface area contributed by atoms with E-state index in [4.69, 9.17) is 9.47 Å². The summed E-state index contributed by atoms with van der Waals surface area (Å²) in [6.45, 7) is 7.48. The molecule has 0 heterocycles. The zero-order valence-electron chi connectivity index (χ0n) is 17.5. The van der Waals surface area contributed by atoms with E-state index >= 15 is 0 Å². The summed E-state index contributed by atoms with van der Waals surface area (Å²) in [4.78, 5) is 26.6. The van der Waals surface area contributed by atoms with Crippen molar-refractivity contribution >= 4 is 11.9 Å². The monoisotopic (exact) mass is 403 g/mol. The molecule has 1 rings (SSSR count).